The molecular formula is C14H13BrN2O4. The maximum Gasteiger partial charge on any atom is 0.411 e. The highest BCUT2D eigenvalue weighted by molar-refractivity contribution is 9.10. The second-order valence-electron chi connectivity index (χ2n) is 5.04. The summed E-state index contributed by atoms with van der Waals surface area (Å²) in [4.78, 5) is 36.4. The third-order valence-electron chi connectivity index (χ3n) is 3.67. The number of hydrogen-bond donors (Lipinski definition) is 1. The van der Waals surface area contributed by atoms with Crippen LogP contribution in [0, 0.1) is 0 Å². The number of nitrogens with zero attached hydrogens (tertiary/aromatic N) is 1. The fourth-order valence-electron chi connectivity index (χ4n) is 2.56. The van der Waals surface area contributed by atoms with Crippen LogP contribution in [0.4, 0.5) is 4.79 Å². The topological polar surface area (TPSA) is 75.7 Å². The zero-order valence-electron chi connectivity index (χ0n) is 11.0. The third kappa shape index (κ3) is 2.78. The predicted octanol–water partition coefficient (Wildman–Crippen LogP) is 1.75. The molecule has 0 bridgehead atoms. The van der Waals surface area contributed by atoms with Gasteiger partial charge in [0.1, 0.15) is 12.1 Å². The molecule has 0 spiro atoms. The van der Waals surface area contributed by atoms with Gasteiger partial charge in [-0.15, -0.1) is 0 Å². The summed E-state index contributed by atoms with van der Waals surface area (Å²) in [7, 11) is 0. The van der Waals surface area contributed by atoms with E-state index in [2.05, 4.69) is 21.2 Å². The lowest BCUT2D eigenvalue weighted by Crippen LogP contribution is -2.52. The number of carbonyl (C=O) groups excluding carboxylic acids is 3. The van der Waals surface area contributed by atoms with Gasteiger partial charge in [-0.2, -0.15) is 0 Å². The molecule has 0 aromatic heterocycles. The normalized spacial score (nSPS) is 25.8. The van der Waals surface area contributed by atoms with E-state index in [0.29, 0.717) is 13.0 Å². The van der Waals surface area contributed by atoms with Gasteiger partial charge in [-0.1, -0.05) is 28.1 Å². The summed E-state index contributed by atoms with van der Waals surface area (Å²) in [5.41, 5.74) is 0.876. The van der Waals surface area contributed by atoms with Crippen LogP contribution in [-0.4, -0.2) is 35.4 Å². The molecule has 110 valence electrons. The highest BCUT2D eigenvalue weighted by Gasteiger charge is 2.41. The minimum atomic E-state index is -0.629. The van der Waals surface area contributed by atoms with Gasteiger partial charge in [0.15, 0.2) is 0 Å². The number of cyclic esters (lactones) is 1. The van der Waals surface area contributed by atoms with Crippen LogP contribution in [0.1, 0.15) is 24.5 Å². The van der Waals surface area contributed by atoms with E-state index in [-0.39, 0.29) is 12.3 Å². The van der Waals surface area contributed by atoms with Gasteiger partial charge in [-0.3, -0.25) is 19.8 Å². The quantitative estimate of drug-likeness (QED) is 0.822. The van der Waals surface area contributed by atoms with Crippen molar-refractivity contribution >= 4 is 33.8 Å². The second kappa shape index (κ2) is 5.48. The highest BCUT2D eigenvalue weighted by Crippen LogP contribution is 2.30. The van der Waals surface area contributed by atoms with Crippen LogP contribution >= 0.6 is 15.9 Å². The lowest BCUT2D eigenvalue weighted by molar-refractivity contribution is -0.136. The van der Waals surface area contributed by atoms with E-state index >= 15 is 0 Å². The third-order valence-corrected chi connectivity index (χ3v) is 4.20. The van der Waals surface area contributed by atoms with Crippen molar-refractivity contribution in [2.45, 2.75) is 25.0 Å². The number of rotatable bonds is 2. The molecule has 0 unspecified atom stereocenters. The van der Waals surface area contributed by atoms with Crippen molar-refractivity contribution < 1.29 is 19.1 Å². The maximum atomic E-state index is 12.0. The number of amides is 3. The number of imide groups is 1. The number of carbonyl (C=O) groups is 3. The van der Waals surface area contributed by atoms with Crippen molar-refractivity contribution in [3.63, 3.8) is 0 Å². The SMILES string of the molecule is O=C1CC[C@H](N2C[C@H](c3ccc(Br)cc3)OC2=O)C(=O)N1. The molecule has 0 aliphatic carbocycles. The Bertz CT molecular complexity index is 601. The number of nitrogens with one attached hydrogen (secondary N) is 1. The molecule has 0 radical (unpaired) electrons. The van der Waals surface area contributed by atoms with E-state index in [1.165, 1.54) is 4.90 Å². The second-order valence-corrected chi connectivity index (χ2v) is 5.96. The first kappa shape index (κ1) is 14.1. The van der Waals surface area contributed by atoms with Crippen LogP contribution in [0.3, 0.4) is 0 Å². The number of halogens is 1. The molecule has 2 heterocycles. The number of piperidine rings is 1. The van der Waals surface area contributed by atoms with Gasteiger partial charge >= 0.3 is 6.09 Å². The lowest BCUT2D eigenvalue weighted by atomic mass is 10.0. The summed E-state index contributed by atoms with van der Waals surface area (Å²) >= 11 is 3.35. The molecular weight excluding hydrogens is 340 g/mol. The van der Waals surface area contributed by atoms with Gasteiger partial charge in [-0.05, 0) is 24.1 Å². The summed E-state index contributed by atoms with van der Waals surface area (Å²) in [5.74, 6) is -0.729. The van der Waals surface area contributed by atoms with E-state index in [0.717, 1.165) is 10.0 Å². The Hall–Kier alpha value is -1.89. The average molecular weight is 353 g/mol. The van der Waals surface area contributed by atoms with E-state index in [1.807, 2.05) is 24.3 Å². The summed E-state index contributed by atoms with van der Waals surface area (Å²) in [5, 5.41) is 2.26. The molecule has 3 amide bonds. The van der Waals surface area contributed by atoms with Crippen molar-refractivity contribution in [3.8, 4) is 0 Å². The molecule has 1 aromatic carbocycles. The van der Waals surface area contributed by atoms with E-state index in [4.69, 9.17) is 4.74 Å². The van der Waals surface area contributed by atoms with Gasteiger partial charge < -0.3 is 4.74 Å². The van der Waals surface area contributed by atoms with Crippen LogP contribution in [-0.2, 0) is 14.3 Å². The first-order valence-electron chi connectivity index (χ1n) is 6.61. The van der Waals surface area contributed by atoms with Crippen LogP contribution in [0.25, 0.3) is 0 Å². The van der Waals surface area contributed by atoms with Crippen LogP contribution in [0.5, 0.6) is 0 Å². The molecule has 21 heavy (non-hydrogen) atoms. The predicted molar refractivity (Wildman–Crippen MR) is 76.2 cm³/mol. The molecule has 2 aliphatic rings. The van der Waals surface area contributed by atoms with Gasteiger partial charge in [0, 0.05) is 10.9 Å². The van der Waals surface area contributed by atoms with Crippen LogP contribution in [0.2, 0.25) is 0 Å². The van der Waals surface area contributed by atoms with Crippen molar-refractivity contribution in [3.05, 3.63) is 34.3 Å². The Morgan fingerprint density at radius 2 is 1.90 bits per heavy atom. The zero-order valence-corrected chi connectivity index (χ0v) is 12.6. The molecule has 0 saturated carbocycles. The Kier molecular flexibility index (Phi) is 3.67. The summed E-state index contributed by atoms with van der Waals surface area (Å²) < 4.78 is 6.28. The van der Waals surface area contributed by atoms with E-state index in [1.54, 1.807) is 0 Å². The Labute approximate surface area is 129 Å². The van der Waals surface area contributed by atoms with Crippen molar-refractivity contribution in [2.75, 3.05) is 6.54 Å². The first-order chi connectivity index (χ1) is 10.0. The maximum absolute atomic E-state index is 12.0. The number of hydrogen-bond acceptors (Lipinski definition) is 4. The van der Waals surface area contributed by atoms with Crippen molar-refractivity contribution in [2.24, 2.45) is 0 Å². The average Bonchev–Trinajstić information content (AvgIpc) is 2.81. The molecule has 3 rings (SSSR count). The molecule has 1 aromatic rings. The Morgan fingerprint density at radius 1 is 1.19 bits per heavy atom. The molecule has 2 fully saturated rings. The summed E-state index contributed by atoms with van der Waals surface area (Å²) in [6, 6.07) is 6.86. The summed E-state index contributed by atoms with van der Waals surface area (Å²) in [6.07, 6.45) is -0.330. The summed E-state index contributed by atoms with van der Waals surface area (Å²) in [6.45, 7) is 0.312. The zero-order chi connectivity index (χ0) is 15.0. The largest absolute Gasteiger partial charge is 0.439 e. The lowest BCUT2D eigenvalue weighted by Gasteiger charge is -2.27. The van der Waals surface area contributed by atoms with Gasteiger partial charge in [-0.25, -0.2) is 4.79 Å². The molecule has 2 aliphatic heterocycles. The minimum Gasteiger partial charge on any atom is -0.439 e. The molecule has 2 saturated heterocycles. The minimum absolute atomic E-state index is 0.239. The van der Waals surface area contributed by atoms with Crippen LogP contribution < -0.4 is 5.32 Å². The van der Waals surface area contributed by atoms with E-state index in [9.17, 15) is 14.4 Å². The van der Waals surface area contributed by atoms with Crippen LogP contribution in [0.15, 0.2) is 28.7 Å². The van der Waals surface area contributed by atoms with Crippen molar-refractivity contribution in [1.82, 2.24) is 10.2 Å². The van der Waals surface area contributed by atoms with Gasteiger partial charge in [0.25, 0.3) is 0 Å². The number of benzene rings is 1. The molecule has 1 N–H and O–H groups in total. The Morgan fingerprint density at radius 3 is 2.57 bits per heavy atom. The molecule has 2 atom stereocenters. The monoisotopic (exact) mass is 352 g/mol. The fourth-order valence-corrected chi connectivity index (χ4v) is 2.83. The smallest absolute Gasteiger partial charge is 0.411 e. The van der Waals surface area contributed by atoms with Gasteiger partial charge in [0.2, 0.25) is 11.8 Å². The first-order valence-corrected chi connectivity index (χ1v) is 7.40. The van der Waals surface area contributed by atoms with Gasteiger partial charge in [0.05, 0.1) is 6.54 Å². The van der Waals surface area contributed by atoms with Crippen molar-refractivity contribution in [1.29, 1.82) is 0 Å². The fraction of sp³-hybridized carbons (Fsp3) is 0.357. The standard InChI is InChI=1S/C14H13BrN2O4/c15-9-3-1-8(2-4-9)11-7-17(14(20)21-11)10-5-6-12(18)16-13(10)19/h1-4,10-11H,5-7H2,(H,16,18,19)/t10-,11+/m0/s1. The highest BCUT2D eigenvalue weighted by atomic mass is 79.9. The van der Waals surface area contributed by atoms with E-state index < -0.39 is 24.1 Å². The molecule has 7 heteroatoms. The Balaban J connectivity index is 1.74. The number of ether oxygens (including phenoxy) is 1. The molecule has 6 nitrogen and oxygen atoms in total.